The number of H-pyrrole nitrogens is 1. The van der Waals surface area contributed by atoms with E-state index in [1.807, 2.05) is 32.0 Å². The van der Waals surface area contributed by atoms with Crippen molar-refractivity contribution in [3.05, 3.63) is 70.0 Å². The summed E-state index contributed by atoms with van der Waals surface area (Å²) in [6, 6.07) is 9.08. The van der Waals surface area contributed by atoms with Crippen molar-refractivity contribution in [2.45, 2.75) is 13.8 Å². The van der Waals surface area contributed by atoms with Gasteiger partial charge in [-0.1, -0.05) is 6.07 Å². The van der Waals surface area contributed by atoms with Crippen molar-refractivity contribution >= 4 is 17.1 Å². The van der Waals surface area contributed by atoms with Crippen LogP contribution in [0.15, 0.2) is 47.5 Å². The van der Waals surface area contributed by atoms with E-state index in [4.69, 9.17) is 5.73 Å². The molecule has 0 radical (unpaired) electrons. The summed E-state index contributed by atoms with van der Waals surface area (Å²) in [5.74, 6) is -0.457. The number of amides is 1. The summed E-state index contributed by atoms with van der Waals surface area (Å²) < 4.78 is 1.42. The van der Waals surface area contributed by atoms with Crippen LogP contribution in [0.2, 0.25) is 0 Å². The van der Waals surface area contributed by atoms with Gasteiger partial charge in [-0.25, -0.2) is 19.3 Å². The second-order valence-corrected chi connectivity index (χ2v) is 6.23. The Hall–Kier alpha value is -3.81. The Morgan fingerprint density at radius 3 is 2.48 bits per heavy atom. The number of imidazole rings is 1. The fourth-order valence-electron chi connectivity index (χ4n) is 2.90. The van der Waals surface area contributed by atoms with Crippen molar-refractivity contribution in [3.8, 4) is 17.1 Å². The molecule has 0 spiro atoms. The average Bonchev–Trinajstić information content (AvgIpc) is 2.99. The van der Waals surface area contributed by atoms with Crippen LogP contribution in [0.25, 0.3) is 28.2 Å². The van der Waals surface area contributed by atoms with Crippen molar-refractivity contribution in [2.24, 2.45) is 5.73 Å². The summed E-state index contributed by atoms with van der Waals surface area (Å²) in [4.78, 5) is 40.0. The number of nitrogens with one attached hydrogen (secondary N) is 1. The zero-order valence-corrected chi connectivity index (χ0v) is 14.7. The molecule has 3 aromatic heterocycles. The number of aromatic nitrogens is 5. The number of hydrogen-bond donors (Lipinski definition) is 2. The monoisotopic (exact) mass is 360 g/mol. The van der Waals surface area contributed by atoms with Crippen LogP contribution >= 0.6 is 0 Å². The molecule has 3 N–H and O–H groups in total. The lowest BCUT2D eigenvalue weighted by molar-refractivity contribution is 0.0997. The van der Waals surface area contributed by atoms with Crippen molar-refractivity contribution in [1.82, 2.24) is 24.5 Å². The first kappa shape index (κ1) is 16.6. The third kappa shape index (κ3) is 2.77. The summed E-state index contributed by atoms with van der Waals surface area (Å²) in [5, 5.41) is 0. The van der Waals surface area contributed by atoms with Crippen LogP contribution in [0.5, 0.6) is 0 Å². The number of rotatable bonds is 3. The molecular formula is C19H16N6O2. The van der Waals surface area contributed by atoms with Crippen LogP contribution in [0, 0.1) is 13.8 Å². The molecule has 0 fully saturated rings. The maximum atomic E-state index is 12.6. The summed E-state index contributed by atoms with van der Waals surface area (Å²) in [6.07, 6.45) is 3.20. The highest BCUT2D eigenvalue weighted by Crippen LogP contribution is 2.22. The van der Waals surface area contributed by atoms with Crippen LogP contribution in [0.3, 0.4) is 0 Å². The SMILES string of the molecule is Cc1ccc(-n2c(=O)[nH]c3c(C(N)=O)nc(-c4ccncc4)nc32)cc1C. The van der Waals surface area contributed by atoms with Gasteiger partial charge in [-0.2, -0.15) is 0 Å². The third-order valence-corrected chi connectivity index (χ3v) is 4.46. The molecule has 4 rings (SSSR count). The lowest BCUT2D eigenvalue weighted by Gasteiger charge is -2.08. The van der Waals surface area contributed by atoms with Crippen LogP contribution in [0.4, 0.5) is 0 Å². The predicted molar refractivity (Wildman–Crippen MR) is 101 cm³/mol. The Kier molecular flexibility index (Phi) is 3.80. The first-order valence-electron chi connectivity index (χ1n) is 8.26. The Balaban J connectivity index is 2.07. The molecule has 27 heavy (non-hydrogen) atoms. The molecule has 0 aliphatic carbocycles. The minimum absolute atomic E-state index is 0.0357. The molecule has 8 nitrogen and oxygen atoms in total. The lowest BCUT2D eigenvalue weighted by Crippen LogP contribution is -2.15. The fourth-order valence-corrected chi connectivity index (χ4v) is 2.90. The number of fused-ring (bicyclic) bond motifs is 1. The van der Waals surface area contributed by atoms with Gasteiger partial charge in [0.15, 0.2) is 17.2 Å². The van der Waals surface area contributed by atoms with Crippen molar-refractivity contribution in [2.75, 3.05) is 0 Å². The molecule has 0 bridgehead atoms. The van der Waals surface area contributed by atoms with E-state index in [0.717, 1.165) is 11.1 Å². The summed E-state index contributed by atoms with van der Waals surface area (Å²) >= 11 is 0. The molecule has 134 valence electrons. The summed E-state index contributed by atoms with van der Waals surface area (Å²) in [6.45, 7) is 3.96. The first-order valence-corrected chi connectivity index (χ1v) is 8.26. The van der Waals surface area contributed by atoms with Gasteiger partial charge < -0.3 is 10.7 Å². The van der Waals surface area contributed by atoms with Crippen molar-refractivity contribution in [1.29, 1.82) is 0 Å². The van der Waals surface area contributed by atoms with E-state index in [1.54, 1.807) is 24.5 Å². The normalized spacial score (nSPS) is 11.0. The topological polar surface area (TPSA) is 120 Å². The second-order valence-electron chi connectivity index (χ2n) is 6.23. The highest BCUT2D eigenvalue weighted by Gasteiger charge is 2.20. The third-order valence-electron chi connectivity index (χ3n) is 4.46. The Morgan fingerprint density at radius 2 is 1.81 bits per heavy atom. The highest BCUT2D eigenvalue weighted by atomic mass is 16.2. The fraction of sp³-hybridized carbons (Fsp3) is 0.105. The number of aryl methyl sites for hydroxylation is 2. The van der Waals surface area contributed by atoms with E-state index in [9.17, 15) is 9.59 Å². The number of nitrogens with two attached hydrogens (primary N) is 1. The van der Waals surface area contributed by atoms with Gasteiger partial charge in [0.05, 0.1) is 5.69 Å². The van der Waals surface area contributed by atoms with Gasteiger partial charge in [0, 0.05) is 18.0 Å². The van der Waals surface area contributed by atoms with E-state index in [-0.39, 0.29) is 17.0 Å². The molecule has 3 heterocycles. The highest BCUT2D eigenvalue weighted by molar-refractivity contribution is 6.02. The van der Waals surface area contributed by atoms with E-state index in [0.29, 0.717) is 16.9 Å². The van der Waals surface area contributed by atoms with Gasteiger partial charge in [0.25, 0.3) is 5.91 Å². The first-order chi connectivity index (χ1) is 13.0. The molecule has 0 unspecified atom stereocenters. The predicted octanol–water partition coefficient (Wildman–Crippen LogP) is 1.89. The zero-order valence-electron chi connectivity index (χ0n) is 14.7. The Labute approximate surface area is 153 Å². The molecule has 8 heteroatoms. The van der Waals surface area contributed by atoms with Crippen molar-refractivity contribution < 1.29 is 4.79 Å². The van der Waals surface area contributed by atoms with Gasteiger partial charge in [0.1, 0.15) is 5.52 Å². The Bertz CT molecular complexity index is 1240. The average molecular weight is 360 g/mol. The molecule has 1 amide bonds. The summed E-state index contributed by atoms with van der Waals surface area (Å²) in [7, 11) is 0. The molecule has 0 aliphatic heterocycles. The van der Waals surface area contributed by atoms with Crippen LogP contribution < -0.4 is 11.4 Å². The molecular weight excluding hydrogens is 344 g/mol. The molecule has 0 saturated heterocycles. The molecule has 1 aromatic carbocycles. The van der Waals surface area contributed by atoms with Gasteiger partial charge in [-0.15, -0.1) is 0 Å². The number of primary amides is 1. The van der Waals surface area contributed by atoms with Crippen molar-refractivity contribution in [3.63, 3.8) is 0 Å². The minimum atomic E-state index is -0.744. The lowest BCUT2D eigenvalue weighted by atomic mass is 10.1. The number of carbonyl (C=O) groups is 1. The van der Waals surface area contributed by atoms with Crippen LogP contribution in [-0.2, 0) is 0 Å². The second kappa shape index (κ2) is 6.17. The minimum Gasteiger partial charge on any atom is -0.364 e. The van der Waals surface area contributed by atoms with E-state index >= 15 is 0 Å². The van der Waals surface area contributed by atoms with E-state index in [1.165, 1.54) is 4.57 Å². The Morgan fingerprint density at radius 1 is 1.07 bits per heavy atom. The largest absolute Gasteiger partial charge is 0.364 e. The maximum absolute atomic E-state index is 12.6. The number of nitrogens with zero attached hydrogens (tertiary/aromatic N) is 4. The van der Waals surface area contributed by atoms with Gasteiger partial charge >= 0.3 is 5.69 Å². The standard InChI is InChI=1S/C19H16N6O2/c1-10-3-4-13(9-11(10)2)25-18-15(23-19(25)27)14(16(20)26)22-17(24-18)12-5-7-21-8-6-12/h3-9H,1-2H3,(H2,20,26)(H,23,27). The summed E-state index contributed by atoms with van der Waals surface area (Å²) in [5.41, 5.74) is 8.99. The number of aromatic amines is 1. The van der Waals surface area contributed by atoms with Crippen LogP contribution in [0.1, 0.15) is 21.6 Å². The molecule has 0 aliphatic rings. The van der Waals surface area contributed by atoms with Gasteiger partial charge in [0.2, 0.25) is 0 Å². The van der Waals surface area contributed by atoms with Crippen LogP contribution in [-0.4, -0.2) is 30.4 Å². The van der Waals surface area contributed by atoms with E-state index < -0.39 is 11.6 Å². The van der Waals surface area contributed by atoms with Gasteiger partial charge in [-0.3, -0.25) is 9.78 Å². The quantitative estimate of drug-likeness (QED) is 0.578. The number of benzene rings is 1. The molecule has 0 atom stereocenters. The smallest absolute Gasteiger partial charge is 0.332 e. The van der Waals surface area contributed by atoms with Gasteiger partial charge in [-0.05, 0) is 49.2 Å². The maximum Gasteiger partial charge on any atom is 0.332 e. The van der Waals surface area contributed by atoms with E-state index in [2.05, 4.69) is 19.9 Å². The number of pyridine rings is 1. The molecule has 0 saturated carbocycles. The number of carbonyl (C=O) groups excluding carboxylic acids is 1. The zero-order chi connectivity index (χ0) is 19.1. The molecule has 4 aromatic rings. The number of hydrogen-bond acceptors (Lipinski definition) is 5.